The minimum absolute atomic E-state index is 0.189. The lowest BCUT2D eigenvalue weighted by atomic mass is 9.72. The first-order valence-corrected chi connectivity index (χ1v) is 15.6. The van der Waals surface area contributed by atoms with Crippen molar-refractivity contribution in [2.75, 3.05) is 20.7 Å². The van der Waals surface area contributed by atoms with Crippen molar-refractivity contribution >= 4 is 30.0 Å². The Labute approximate surface area is 274 Å². The summed E-state index contributed by atoms with van der Waals surface area (Å²) in [5, 5.41) is 11.8. The lowest BCUT2D eigenvalue weighted by molar-refractivity contribution is -0.282. The molecule has 0 aromatic heterocycles. The molecule has 6 atom stereocenters. The molecule has 262 valence electrons. The summed E-state index contributed by atoms with van der Waals surface area (Å²) in [5.41, 5.74) is -1.02. The van der Waals surface area contributed by atoms with Crippen LogP contribution >= 0.6 is 0 Å². The van der Waals surface area contributed by atoms with Crippen molar-refractivity contribution in [3.8, 4) is 5.75 Å². The number of hydrogen-bond donors (Lipinski definition) is 1. The molecule has 2 fully saturated rings. The summed E-state index contributed by atoms with van der Waals surface area (Å²) in [4.78, 5) is 63.1. The molecule has 1 amide bonds. The van der Waals surface area contributed by atoms with Gasteiger partial charge < -0.3 is 43.2 Å². The first-order valence-electron chi connectivity index (χ1n) is 15.6. The standard InChI is InChI=1S/C33H47NO13/c1-19(35)42-25-26(43-20(2)36)28(44-21(3)37)30(46-27(25)29(38)41-8)45-23-14-12-22(13-15-23)24(33(40)16-10-9-11-17-33)18-34(7)31(39)47-32(4,5)6/h12-15,24-28,30,40H,9-11,16-18H2,1-8H3/t24?,25-,26?,27-,28?,30+/m0/s1. The topological polar surface area (TPSA) is 173 Å². The van der Waals surface area contributed by atoms with Crippen LogP contribution in [-0.2, 0) is 47.6 Å². The van der Waals surface area contributed by atoms with Crippen molar-refractivity contribution in [1.82, 2.24) is 4.90 Å². The Kier molecular flexibility index (Phi) is 12.6. The third-order valence-corrected chi connectivity index (χ3v) is 7.90. The van der Waals surface area contributed by atoms with E-state index in [-0.39, 0.29) is 12.3 Å². The summed E-state index contributed by atoms with van der Waals surface area (Å²) in [6, 6.07) is 6.68. The third-order valence-electron chi connectivity index (χ3n) is 7.90. The van der Waals surface area contributed by atoms with E-state index >= 15 is 0 Å². The second-order valence-corrected chi connectivity index (χ2v) is 12.9. The number of carbonyl (C=O) groups is 5. The molecule has 1 saturated heterocycles. The minimum Gasteiger partial charge on any atom is -0.467 e. The molecule has 1 aromatic rings. The van der Waals surface area contributed by atoms with Crippen molar-refractivity contribution in [2.45, 2.75) is 121 Å². The SMILES string of the molecule is COC(=O)[C@H]1O[C@@H](Oc2ccc(C(CN(C)C(=O)OC(C)(C)C)C3(O)CCCCC3)cc2)C(OC(C)=O)C(OC(C)=O)[C@@H]1OC(C)=O. The van der Waals surface area contributed by atoms with E-state index in [0.717, 1.165) is 52.7 Å². The largest absolute Gasteiger partial charge is 0.467 e. The van der Waals surface area contributed by atoms with Gasteiger partial charge in [-0.1, -0.05) is 31.4 Å². The highest BCUT2D eigenvalue weighted by molar-refractivity contribution is 5.77. The maximum Gasteiger partial charge on any atom is 0.410 e. The Bertz CT molecular complexity index is 1270. The average Bonchev–Trinajstić information content (AvgIpc) is 2.97. The van der Waals surface area contributed by atoms with Gasteiger partial charge in [-0.15, -0.1) is 0 Å². The minimum atomic E-state index is -1.60. The molecule has 3 unspecified atom stereocenters. The Hall–Kier alpha value is -3.91. The second-order valence-electron chi connectivity index (χ2n) is 12.9. The first kappa shape index (κ1) is 37.5. The molecule has 47 heavy (non-hydrogen) atoms. The van der Waals surface area contributed by atoms with Crippen LogP contribution in [0.1, 0.15) is 85.1 Å². The lowest BCUT2D eigenvalue weighted by Gasteiger charge is -2.43. The molecule has 1 N–H and O–H groups in total. The van der Waals surface area contributed by atoms with Crippen LogP contribution in [0.2, 0.25) is 0 Å². The van der Waals surface area contributed by atoms with Gasteiger partial charge in [-0.05, 0) is 51.3 Å². The number of aliphatic hydroxyl groups is 1. The maximum atomic E-state index is 12.8. The highest BCUT2D eigenvalue weighted by atomic mass is 16.7. The molecule has 14 heteroatoms. The predicted molar refractivity (Wildman–Crippen MR) is 164 cm³/mol. The van der Waals surface area contributed by atoms with Gasteiger partial charge >= 0.3 is 30.0 Å². The Morgan fingerprint density at radius 1 is 0.894 bits per heavy atom. The molecule has 2 aliphatic rings. The molecule has 1 heterocycles. The number of nitrogens with zero attached hydrogens (tertiary/aromatic N) is 1. The molecule has 1 aliphatic heterocycles. The molecule has 1 saturated carbocycles. The summed E-state index contributed by atoms with van der Waals surface area (Å²) in [6.07, 6.45) is -4.26. The van der Waals surface area contributed by atoms with E-state index < -0.39 is 77.8 Å². The monoisotopic (exact) mass is 665 g/mol. The van der Waals surface area contributed by atoms with Crippen molar-refractivity contribution in [3.05, 3.63) is 29.8 Å². The van der Waals surface area contributed by atoms with Crippen molar-refractivity contribution < 1.29 is 62.2 Å². The number of esters is 4. The molecule has 14 nitrogen and oxygen atoms in total. The van der Waals surface area contributed by atoms with Gasteiger partial charge in [-0.25, -0.2) is 9.59 Å². The van der Waals surface area contributed by atoms with Gasteiger partial charge in [-0.2, -0.15) is 0 Å². The summed E-state index contributed by atoms with van der Waals surface area (Å²) in [7, 11) is 2.72. The van der Waals surface area contributed by atoms with Crippen LogP contribution in [0.4, 0.5) is 4.79 Å². The first-order chi connectivity index (χ1) is 21.9. The van der Waals surface area contributed by atoms with Gasteiger partial charge in [0.25, 0.3) is 0 Å². The number of hydrogen-bond acceptors (Lipinski definition) is 13. The number of rotatable bonds is 10. The van der Waals surface area contributed by atoms with Crippen LogP contribution in [0.25, 0.3) is 0 Å². The molecule has 0 spiro atoms. The summed E-state index contributed by atoms with van der Waals surface area (Å²) >= 11 is 0. The average molecular weight is 666 g/mol. The summed E-state index contributed by atoms with van der Waals surface area (Å²) < 4.78 is 38.4. The number of carbonyl (C=O) groups excluding carboxylic acids is 5. The fourth-order valence-corrected chi connectivity index (χ4v) is 5.87. The van der Waals surface area contributed by atoms with Crippen LogP contribution in [-0.4, -0.2) is 103 Å². The fourth-order valence-electron chi connectivity index (χ4n) is 5.87. The number of likely N-dealkylation sites (N-methyl/N-ethyl adjacent to an activating group) is 1. The Morgan fingerprint density at radius 2 is 1.43 bits per heavy atom. The van der Waals surface area contributed by atoms with Gasteiger partial charge in [0.05, 0.1) is 12.7 Å². The van der Waals surface area contributed by atoms with Gasteiger partial charge in [0, 0.05) is 40.3 Å². The van der Waals surface area contributed by atoms with E-state index in [4.69, 9.17) is 33.2 Å². The van der Waals surface area contributed by atoms with Crippen molar-refractivity contribution in [2.24, 2.45) is 0 Å². The Balaban J connectivity index is 1.95. The molecule has 0 bridgehead atoms. The normalized spacial score (nSPS) is 24.6. The van der Waals surface area contributed by atoms with Crippen LogP contribution in [0.3, 0.4) is 0 Å². The zero-order valence-corrected chi connectivity index (χ0v) is 28.3. The molecular weight excluding hydrogens is 618 g/mol. The number of ether oxygens (including phenoxy) is 7. The van der Waals surface area contributed by atoms with Gasteiger partial charge in [-0.3, -0.25) is 14.4 Å². The summed E-state index contributed by atoms with van der Waals surface area (Å²) in [6.45, 7) is 8.84. The zero-order chi connectivity index (χ0) is 35.1. The predicted octanol–water partition coefficient (Wildman–Crippen LogP) is 3.40. The van der Waals surface area contributed by atoms with E-state index in [1.807, 2.05) is 0 Å². The lowest BCUT2D eigenvalue weighted by Crippen LogP contribution is -2.64. The van der Waals surface area contributed by atoms with Crippen LogP contribution in [0, 0.1) is 0 Å². The number of benzene rings is 1. The molecule has 3 rings (SSSR count). The Morgan fingerprint density at radius 3 is 1.94 bits per heavy atom. The molecule has 1 aromatic carbocycles. The molecule has 1 aliphatic carbocycles. The van der Waals surface area contributed by atoms with E-state index in [1.54, 1.807) is 52.1 Å². The number of amides is 1. The van der Waals surface area contributed by atoms with Crippen LogP contribution in [0.15, 0.2) is 24.3 Å². The highest BCUT2D eigenvalue weighted by Crippen LogP contribution is 2.41. The van der Waals surface area contributed by atoms with Crippen molar-refractivity contribution in [3.63, 3.8) is 0 Å². The van der Waals surface area contributed by atoms with E-state index in [2.05, 4.69) is 0 Å². The zero-order valence-electron chi connectivity index (χ0n) is 28.3. The maximum absolute atomic E-state index is 12.8. The fraction of sp³-hybridized carbons (Fsp3) is 0.667. The van der Waals surface area contributed by atoms with E-state index in [1.165, 1.54) is 4.90 Å². The van der Waals surface area contributed by atoms with Crippen molar-refractivity contribution in [1.29, 1.82) is 0 Å². The molecular formula is C33H47NO13. The number of methoxy groups -OCH3 is 1. The third kappa shape index (κ3) is 10.3. The highest BCUT2D eigenvalue weighted by Gasteiger charge is 2.56. The van der Waals surface area contributed by atoms with Gasteiger partial charge in [0.15, 0.2) is 18.3 Å². The summed E-state index contributed by atoms with van der Waals surface area (Å²) in [5.74, 6) is -3.60. The van der Waals surface area contributed by atoms with Gasteiger partial charge in [0.2, 0.25) is 12.4 Å². The van der Waals surface area contributed by atoms with Crippen LogP contribution in [0.5, 0.6) is 5.75 Å². The quantitative estimate of drug-likeness (QED) is 0.285. The second kappa shape index (κ2) is 15.8. The van der Waals surface area contributed by atoms with E-state index in [0.29, 0.717) is 12.8 Å². The van der Waals surface area contributed by atoms with E-state index in [9.17, 15) is 29.1 Å². The smallest absolute Gasteiger partial charge is 0.410 e. The van der Waals surface area contributed by atoms with Crippen LogP contribution < -0.4 is 4.74 Å². The molecule has 0 radical (unpaired) electrons. The van der Waals surface area contributed by atoms with Gasteiger partial charge in [0.1, 0.15) is 11.4 Å².